The Hall–Kier alpha value is -0.990. The highest BCUT2D eigenvalue weighted by molar-refractivity contribution is 5.26. The van der Waals surface area contributed by atoms with Gasteiger partial charge in [0.2, 0.25) is 5.95 Å². The van der Waals surface area contributed by atoms with Crippen molar-refractivity contribution in [3.63, 3.8) is 0 Å². The minimum atomic E-state index is 0.672. The molecule has 0 unspecified atom stereocenters. The van der Waals surface area contributed by atoms with Crippen LogP contribution in [0.25, 0.3) is 0 Å². The van der Waals surface area contributed by atoms with Gasteiger partial charge in [-0.2, -0.15) is 0 Å². The molecule has 0 amide bonds. The minimum Gasteiger partial charge on any atom is -0.355 e. The van der Waals surface area contributed by atoms with Crippen LogP contribution < -0.4 is 5.32 Å². The van der Waals surface area contributed by atoms with Gasteiger partial charge in [-0.25, -0.2) is 4.98 Å². The van der Waals surface area contributed by atoms with Gasteiger partial charge in [-0.15, -0.1) is 0 Å². The van der Waals surface area contributed by atoms with Gasteiger partial charge in [0, 0.05) is 25.5 Å². The highest BCUT2D eigenvalue weighted by atomic mass is 15.2. The van der Waals surface area contributed by atoms with E-state index in [-0.39, 0.29) is 0 Å². The molecule has 1 fully saturated rings. The molecular weight excluding hydrogens is 174 g/mol. The quantitative estimate of drug-likeness (QED) is 0.778. The third kappa shape index (κ3) is 2.50. The molecule has 1 aromatic heterocycles. The fourth-order valence-electron chi connectivity index (χ4n) is 1.57. The zero-order valence-corrected chi connectivity index (χ0v) is 9.03. The summed E-state index contributed by atoms with van der Waals surface area (Å²) >= 11 is 0. The van der Waals surface area contributed by atoms with E-state index in [1.807, 2.05) is 6.20 Å². The molecule has 0 aliphatic heterocycles. The van der Waals surface area contributed by atoms with Gasteiger partial charge in [0.1, 0.15) is 0 Å². The van der Waals surface area contributed by atoms with Crippen LogP contribution in [-0.4, -0.2) is 16.1 Å². The summed E-state index contributed by atoms with van der Waals surface area (Å²) in [5, 5.41) is 3.41. The van der Waals surface area contributed by atoms with Gasteiger partial charge in [0.25, 0.3) is 0 Å². The molecule has 1 heterocycles. The lowest BCUT2D eigenvalue weighted by Crippen LogP contribution is -2.12. The molecule has 14 heavy (non-hydrogen) atoms. The van der Waals surface area contributed by atoms with E-state index >= 15 is 0 Å². The van der Waals surface area contributed by atoms with Crippen LogP contribution in [0.5, 0.6) is 0 Å². The molecule has 0 bridgehead atoms. The van der Waals surface area contributed by atoms with Crippen LogP contribution >= 0.6 is 0 Å². The lowest BCUT2D eigenvalue weighted by atomic mass is 10.2. The van der Waals surface area contributed by atoms with Gasteiger partial charge in [-0.3, -0.25) is 0 Å². The number of imidazole rings is 1. The predicted molar refractivity (Wildman–Crippen MR) is 58.3 cm³/mol. The first kappa shape index (κ1) is 9.56. The molecule has 3 nitrogen and oxygen atoms in total. The standard InChI is InChI=1S/C11H19N3/c1-9(2)8-14-6-5-12-11(14)13-7-10-3-4-10/h5-6,9-10H,3-4,7-8H2,1-2H3,(H,12,13). The molecule has 1 aliphatic carbocycles. The van der Waals surface area contributed by atoms with E-state index in [1.165, 1.54) is 12.8 Å². The molecular formula is C11H19N3. The van der Waals surface area contributed by atoms with Crippen LogP contribution in [0.15, 0.2) is 12.4 Å². The summed E-state index contributed by atoms with van der Waals surface area (Å²) in [6, 6.07) is 0. The number of anilines is 1. The highest BCUT2D eigenvalue weighted by Gasteiger charge is 2.21. The molecule has 0 saturated heterocycles. The SMILES string of the molecule is CC(C)Cn1ccnc1NCC1CC1. The number of nitrogens with zero attached hydrogens (tertiary/aromatic N) is 2. The number of nitrogens with one attached hydrogen (secondary N) is 1. The summed E-state index contributed by atoms with van der Waals surface area (Å²) in [7, 11) is 0. The Labute approximate surface area is 85.5 Å². The minimum absolute atomic E-state index is 0.672. The van der Waals surface area contributed by atoms with Gasteiger partial charge in [-0.1, -0.05) is 13.8 Å². The highest BCUT2D eigenvalue weighted by Crippen LogP contribution is 2.28. The molecule has 0 spiro atoms. The molecule has 0 radical (unpaired) electrons. The van der Waals surface area contributed by atoms with Crippen LogP contribution in [0.3, 0.4) is 0 Å². The largest absolute Gasteiger partial charge is 0.355 e. The topological polar surface area (TPSA) is 29.9 Å². The van der Waals surface area contributed by atoms with Gasteiger partial charge in [-0.05, 0) is 24.7 Å². The summed E-state index contributed by atoms with van der Waals surface area (Å²) in [6.45, 7) is 6.59. The van der Waals surface area contributed by atoms with Crippen LogP contribution in [-0.2, 0) is 6.54 Å². The van der Waals surface area contributed by atoms with Crippen molar-refractivity contribution in [3.8, 4) is 0 Å². The van der Waals surface area contributed by atoms with Gasteiger partial charge < -0.3 is 9.88 Å². The number of aromatic nitrogens is 2. The average molecular weight is 193 g/mol. The number of hydrogen-bond donors (Lipinski definition) is 1. The Kier molecular flexibility index (Phi) is 2.75. The van der Waals surface area contributed by atoms with Crippen molar-refractivity contribution in [2.24, 2.45) is 11.8 Å². The second-order valence-electron chi connectivity index (χ2n) is 4.62. The summed E-state index contributed by atoms with van der Waals surface area (Å²) in [4.78, 5) is 4.32. The fourth-order valence-corrected chi connectivity index (χ4v) is 1.57. The maximum Gasteiger partial charge on any atom is 0.202 e. The second-order valence-corrected chi connectivity index (χ2v) is 4.62. The normalized spacial score (nSPS) is 16.2. The van der Waals surface area contributed by atoms with Crippen LogP contribution in [0.2, 0.25) is 0 Å². The number of rotatable bonds is 5. The molecule has 1 aromatic rings. The van der Waals surface area contributed by atoms with Crippen LogP contribution in [0.1, 0.15) is 26.7 Å². The first-order valence-corrected chi connectivity index (χ1v) is 5.50. The maximum atomic E-state index is 4.32. The fraction of sp³-hybridized carbons (Fsp3) is 0.727. The molecule has 3 heteroatoms. The van der Waals surface area contributed by atoms with Crippen LogP contribution in [0, 0.1) is 11.8 Å². The summed E-state index contributed by atoms with van der Waals surface area (Å²) < 4.78 is 2.20. The lowest BCUT2D eigenvalue weighted by Gasteiger charge is -2.11. The van der Waals surface area contributed by atoms with Crippen molar-refractivity contribution in [3.05, 3.63) is 12.4 Å². The summed E-state index contributed by atoms with van der Waals surface area (Å²) in [5.41, 5.74) is 0. The van der Waals surface area contributed by atoms with Gasteiger partial charge in [0.15, 0.2) is 0 Å². The van der Waals surface area contributed by atoms with E-state index in [9.17, 15) is 0 Å². The zero-order chi connectivity index (χ0) is 9.97. The van der Waals surface area contributed by atoms with Crippen LogP contribution in [0.4, 0.5) is 5.95 Å². The zero-order valence-electron chi connectivity index (χ0n) is 9.03. The van der Waals surface area contributed by atoms with E-state index < -0.39 is 0 Å². The Morgan fingerprint density at radius 3 is 3.00 bits per heavy atom. The Balaban J connectivity index is 1.90. The predicted octanol–water partition coefficient (Wildman–Crippen LogP) is 2.36. The molecule has 1 saturated carbocycles. The summed E-state index contributed by atoms with van der Waals surface area (Å²) in [6.07, 6.45) is 6.70. The van der Waals surface area contributed by atoms with Gasteiger partial charge in [0.05, 0.1) is 0 Å². The van der Waals surface area contributed by atoms with E-state index in [0.29, 0.717) is 5.92 Å². The second kappa shape index (κ2) is 4.03. The first-order valence-electron chi connectivity index (χ1n) is 5.50. The molecule has 2 rings (SSSR count). The molecule has 1 aliphatic rings. The van der Waals surface area contributed by atoms with E-state index in [1.54, 1.807) is 0 Å². The molecule has 0 aromatic carbocycles. The average Bonchev–Trinajstić information content (AvgIpc) is 2.85. The third-order valence-corrected chi connectivity index (χ3v) is 2.52. The first-order chi connectivity index (χ1) is 6.75. The van der Waals surface area contributed by atoms with Gasteiger partial charge >= 0.3 is 0 Å². The number of hydrogen-bond acceptors (Lipinski definition) is 2. The smallest absolute Gasteiger partial charge is 0.202 e. The van der Waals surface area contributed by atoms with E-state index in [2.05, 4.69) is 34.9 Å². The van der Waals surface area contributed by atoms with Crippen molar-refractivity contribution in [1.82, 2.24) is 9.55 Å². The Morgan fingerprint density at radius 2 is 2.36 bits per heavy atom. The van der Waals surface area contributed by atoms with Crippen molar-refractivity contribution < 1.29 is 0 Å². The van der Waals surface area contributed by atoms with E-state index in [0.717, 1.165) is 25.0 Å². The molecule has 1 N–H and O–H groups in total. The van der Waals surface area contributed by atoms with Crippen molar-refractivity contribution in [2.45, 2.75) is 33.2 Å². The van der Waals surface area contributed by atoms with Crippen molar-refractivity contribution >= 4 is 5.95 Å². The van der Waals surface area contributed by atoms with Crippen molar-refractivity contribution in [2.75, 3.05) is 11.9 Å². The Morgan fingerprint density at radius 1 is 1.57 bits per heavy atom. The summed E-state index contributed by atoms with van der Waals surface area (Å²) in [5.74, 6) is 2.61. The third-order valence-electron chi connectivity index (χ3n) is 2.52. The van der Waals surface area contributed by atoms with Crippen molar-refractivity contribution in [1.29, 1.82) is 0 Å². The Bertz CT molecular complexity index is 286. The lowest BCUT2D eigenvalue weighted by molar-refractivity contribution is 0.526. The monoisotopic (exact) mass is 193 g/mol. The van der Waals surface area contributed by atoms with E-state index in [4.69, 9.17) is 0 Å². The maximum absolute atomic E-state index is 4.32. The molecule has 78 valence electrons. The molecule has 0 atom stereocenters.